The van der Waals surface area contributed by atoms with E-state index in [0.29, 0.717) is 34.3 Å². The number of anilines is 1. The minimum absolute atomic E-state index is 0.254. The molecule has 2 aromatic heterocycles. The first-order chi connectivity index (χ1) is 14.2. The highest BCUT2D eigenvalue weighted by atomic mass is 16.5. The maximum atomic E-state index is 12.3. The van der Waals surface area contributed by atoms with Gasteiger partial charge in [-0.3, -0.25) is 4.79 Å². The van der Waals surface area contributed by atoms with Gasteiger partial charge in [0.2, 0.25) is 5.88 Å². The molecule has 2 aromatic carbocycles. The molecule has 0 spiro atoms. The Labute approximate surface area is 166 Å². The fraction of sp³-hybridized carbons (Fsp3) is 0. The van der Waals surface area contributed by atoms with Gasteiger partial charge in [0.15, 0.2) is 0 Å². The molecule has 7 nitrogen and oxygen atoms in total. The van der Waals surface area contributed by atoms with Gasteiger partial charge in [-0.05, 0) is 60.7 Å². The molecular formula is C22H15N5O2. The Morgan fingerprint density at radius 2 is 1.72 bits per heavy atom. The van der Waals surface area contributed by atoms with Crippen molar-refractivity contribution < 1.29 is 9.53 Å². The lowest BCUT2D eigenvalue weighted by atomic mass is 10.1. The third-order valence-electron chi connectivity index (χ3n) is 4.11. The van der Waals surface area contributed by atoms with E-state index < -0.39 is 0 Å². The van der Waals surface area contributed by atoms with Crippen LogP contribution in [0.2, 0.25) is 0 Å². The number of nitrogens with one attached hydrogen (secondary N) is 1. The van der Waals surface area contributed by atoms with Gasteiger partial charge in [-0.2, -0.15) is 5.26 Å². The Kier molecular flexibility index (Phi) is 4.99. The van der Waals surface area contributed by atoms with E-state index in [1.54, 1.807) is 54.6 Å². The number of rotatable bonds is 5. The Balaban J connectivity index is 1.42. The van der Waals surface area contributed by atoms with Gasteiger partial charge in [0, 0.05) is 29.7 Å². The Hall–Kier alpha value is -4.44. The lowest BCUT2D eigenvalue weighted by molar-refractivity contribution is 0.102. The number of hydrogen-bond donors (Lipinski definition) is 1. The van der Waals surface area contributed by atoms with E-state index >= 15 is 0 Å². The van der Waals surface area contributed by atoms with Crippen molar-refractivity contribution in [3.05, 3.63) is 96.6 Å². The lowest BCUT2D eigenvalue weighted by Crippen LogP contribution is -2.11. The van der Waals surface area contributed by atoms with Crippen molar-refractivity contribution in [2.45, 2.75) is 0 Å². The van der Waals surface area contributed by atoms with Crippen molar-refractivity contribution in [1.29, 1.82) is 5.26 Å². The SMILES string of the molecule is N#Cc1ccc(C(=O)Nc2ccc(Oc3cc(-n4cccc4)ncn3)cc2)cc1. The molecule has 0 unspecified atom stereocenters. The Morgan fingerprint density at radius 1 is 1.00 bits per heavy atom. The number of carbonyl (C=O) groups excluding carboxylic acids is 1. The summed E-state index contributed by atoms with van der Waals surface area (Å²) in [5.74, 6) is 1.44. The van der Waals surface area contributed by atoms with Crippen molar-refractivity contribution in [3.63, 3.8) is 0 Å². The van der Waals surface area contributed by atoms with Crippen molar-refractivity contribution in [2.75, 3.05) is 5.32 Å². The van der Waals surface area contributed by atoms with Crippen LogP contribution in [0, 0.1) is 11.3 Å². The highest BCUT2D eigenvalue weighted by molar-refractivity contribution is 6.04. The van der Waals surface area contributed by atoms with Gasteiger partial charge in [0.05, 0.1) is 11.6 Å². The van der Waals surface area contributed by atoms with E-state index in [1.807, 2.05) is 35.2 Å². The number of amides is 1. The van der Waals surface area contributed by atoms with E-state index in [9.17, 15) is 4.79 Å². The first-order valence-corrected chi connectivity index (χ1v) is 8.76. The summed E-state index contributed by atoms with van der Waals surface area (Å²) < 4.78 is 7.64. The zero-order chi connectivity index (χ0) is 20.1. The van der Waals surface area contributed by atoms with Crippen LogP contribution in [0.5, 0.6) is 11.6 Å². The standard InChI is InChI=1S/C22H15N5O2/c23-14-16-3-5-17(6-4-16)22(28)26-18-7-9-19(10-8-18)29-21-13-20(24-15-25-21)27-11-1-2-12-27/h1-13,15H,(H,26,28). The van der Waals surface area contributed by atoms with Gasteiger partial charge >= 0.3 is 0 Å². The van der Waals surface area contributed by atoms with Crippen LogP contribution in [0.25, 0.3) is 5.82 Å². The molecule has 7 heteroatoms. The van der Waals surface area contributed by atoms with E-state index in [2.05, 4.69) is 15.3 Å². The summed E-state index contributed by atoms with van der Waals surface area (Å²) in [5, 5.41) is 11.6. The fourth-order valence-electron chi connectivity index (χ4n) is 2.64. The maximum absolute atomic E-state index is 12.3. The normalized spacial score (nSPS) is 10.2. The predicted octanol–water partition coefficient (Wildman–Crippen LogP) is 4.18. The first-order valence-electron chi connectivity index (χ1n) is 8.76. The van der Waals surface area contributed by atoms with E-state index in [1.165, 1.54) is 6.33 Å². The Morgan fingerprint density at radius 3 is 2.41 bits per heavy atom. The number of aromatic nitrogens is 3. The molecule has 0 aliphatic carbocycles. The van der Waals surface area contributed by atoms with Gasteiger partial charge in [0.25, 0.3) is 5.91 Å². The second-order valence-electron chi connectivity index (χ2n) is 6.07. The molecule has 0 fully saturated rings. The molecule has 0 atom stereocenters. The molecule has 140 valence electrons. The second-order valence-corrected chi connectivity index (χ2v) is 6.07. The molecule has 0 aliphatic heterocycles. The molecule has 1 N–H and O–H groups in total. The summed E-state index contributed by atoms with van der Waals surface area (Å²) in [4.78, 5) is 20.6. The number of hydrogen-bond acceptors (Lipinski definition) is 5. The lowest BCUT2D eigenvalue weighted by Gasteiger charge is -2.09. The molecule has 0 bridgehead atoms. The largest absolute Gasteiger partial charge is 0.439 e. The van der Waals surface area contributed by atoms with Crippen LogP contribution in [-0.4, -0.2) is 20.4 Å². The molecule has 29 heavy (non-hydrogen) atoms. The van der Waals surface area contributed by atoms with Crippen LogP contribution < -0.4 is 10.1 Å². The number of nitriles is 1. The molecule has 4 aromatic rings. The summed E-state index contributed by atoms with van der Waals surface area (Å²) in [6.45, 7) is 0. The number of benzene rings is 2. The maximum Gasteiger partial charge on any atom is 0.255 e. The van der Waals surface area contributed by atoms with Gasteiger partial charge in [-0.1, -0.05) is 0 Å². The first kappa shape index (κ1) is 17.9. The van der Waals surface area contributed by atoms with Crippen molar-refractivity contribution in [2.24, 2.45) is 0 Å². The van der Waals surface area contributed by atoms with Crippen molar-refractivity contribution in [1.82, 2.24) is 14.5 Å². The monoisotopic (exact) mass is 381 g/mol. The van der Waals surface area contributed by atoms with Crippen LogP contribution in [0.3, 0.4) is 0 Å². The zero-order valence-electron chi connectivity index (χ0n) is 15.2. The molecule has 0 saturated heterocycles. The summed E-state index contributed by atoms with van der Waals surface area (Å²) in [6, 6.07) is 21.0. The van der Waals surface area contributed by atoms with E-state index in [4.69, 9.17) is 10.00 Å². The Bertz CT molecular complexity index is 1160. The number of ether oxygens (including phenoxy) is 1. The highest BCUT2D eigenvalue weighted by Gasteiger charge is 2.07. The van der Waals surface area contributed by atoms with Gasteiger partial charge in [0.1, 0.15) is 17.9 Å². The van der Waals surface area contributed by atoms with E-state index in [0.717, 1.165) is 0 Å². The molecular weight excluding hydrogens is 366 g/mol. The fourth-order valence-corrected chi connectivity index (χ4v) is 2.64. The highest BCUT2D eigenvalue weighted by Crippen LogP contribution is 2.22. The third-order valence-corrected chi connectivity index (χ3v) is 4.11. The minimum atomic E-state index is -0.254. The number of nitrogens with zero attached hydrogens (tertiary/aromatic N) is 4. The smallest absolute Gasteiger partial charge is 0.255 e. The predicted molar refractivity (Wildman–Crippen MR) is 107 cm³/mol. The minimum Gasteiger partial charge on any atom is -0.439 e. The van der Waals surface area contributed by atoms with Gasteiger partial charge < -0.3 is 14.6 Å². The van der Waals surface area contributed by atoms with Crippen LogP contribution in [-0.2, 0) is 0 Å². The van der Waals surface area contributed by atoms with Crippen LogP contribution in [0.4, 0.5) is 5.69 Å². The zero-order valence-corrected chi connectivity index (χ0v) is 15.2. The average molecular weight is 381 g/mol. The molecule has 2 heterocycles. The summed E-state index contributed by atoms with van der Waals surface area (Å²) in [5.41, 5.74) is 1.61. The summed E-state index contributed by atoms with van der Waals surface area (Å²) in [7, 11) is 0. The van der Waals surface area contributed by atoms with Crippen molar-refractivity contribution >= 4 is 11.6 Å². The molecule has 0 aliphatic rings. The molecule has 0 saturated carbocycles. The molecule has 4 rings (SSSR count). The van der Waals surface area contributed by atoms with Crippen LogP contribution in [0.15, 0.2) is 85.5 Å². The van der Waals surface area contributed by atoms with Crippen LogP contribution >= 0.6 is 0 Å². The van der Waals surface area contributed by atoms with Crippen molar-refractivity contribution in [3.8, 4) is 23.5 Å². The number of carbonyl (C=O) groups is 1. The quantitative estimate of drug-likeness (QED) is 0.560. The topological polar surface area (TPSA) is 92.8 Å². The van der Waals surface area contributed by atoms with Gasteiger partial charge in [-0.25, -0.2) is 9.97 Å². The molecule has 1 amide bonds. The third kappa shape index (κ3) is 4.28. The summed E-state index contributed by atoms with van der Waals surface area (Å²) in [6.07, 6.45) is 5.21. The summed E-state index contributed by atoms with van der Waals surface area (Å²) >= 11 is 0. The second kappa shape index (κ2) is 8.06. The van der Waals surface area contributed by atoms with Gasteiger partial charge in [-0.15, -0.1) is 0 Å². The average Bonchev–Trinajstić information content (AvgIpc) is 3.30. The van der Waals surface area contributed by atoms with E-state index in [-0.39, 0.29) is 5.91 Å². The molecule has 0 radical (unpaired) electrons. The van der Waals surface area contributed by atoms with Crippen LogP contribution in [0.1, 0.15) is 15.9 Å².